The molecule has 2 aromatic carbocycles. The summed E-state index contributed by atoms with van der Waals surface area (Å²) in [7, 11) is 0. The normalized spacial score (nSPS) is 11.8. The monoisotopic (exact) mass is 620 g/mol. The van der Waals surface area contributed by atoms with E-state index in [1.807, 2.05) is 0 Å². The minimum absolute atomic E-state index is 0.0476. The highest BCUT2D eigenvalue weighted by Gasteiger charge is 2.34. The van der Waals surface area contributed by atoms with E-state index in [1.165, 1.54) is 19.1 Å². The maximum Gasteiger partial charge on any atom is 0.425 e. The molecule has 1 aromatic heterocycles. The number of carbonyl (C=O) groups is 3. The summed E-state index contributed by atoms with van der Waals surface area (Å²) in [4.78, 5) is 47.3. The molecule has 44 heavy (non-hydrogen) atoms. The Kier molecular flexibility index (Phi) is 9.71. The molecule has 0 fully saturated rings. The number of anilines is 6. The van der Waals surface area contributed by atoms with Crippen molar-refractivity contribution in [2.75, 3.05) is 20.9 Å². The number of benzene rings is 2. The van der Waals surface area contributed by atoms with Crippen LogP contribution in [-0.2, 0) is 20.4 Å². The lowest BCUT2D eigenvalue weighted by atomic mass is 10.2. The van der Waals surface area contributed by atoms with Gasteiger partial charge in [0, 0.05) is 18.7 Å². The second-order valence-electron chi connectivity index (χ2n) is 11.4. The molecule has 0 atom stereocenters. The van der Waals surface area contributed by atoms with Gasteiger partial charge in [0.05, 0.1) is 11.3 Å². The summed E-state index contributed by atoms with van der Waals surface area (Å²) in [6.45, 7) is 10.7. The second kappa shape index (κ2) is 12.7. The van der Waals surface area contributed by atoms with Crippen LogP contribution in [0.15, 0.2) is 48.5 Å². The molecule has 1 heterocycles. The Labute approximate surface area is 251 Å². The number of nitrogens with zero attached hydrogens (tertiary/aromatic N) is 3. The van der Waals surface area contributed by atoms with E-state index < -0.39 is 46.9 Å². The number of ether oxygens (including phenoxy) is 2. The van der Waals surface area contributed by atoms with E-state index in [-0.39, 0.29) is 34.6 Å². The van der Waals surface area contributed by atoms with E-state index in [4.69, 9.17) is 9.47 Å². The van der Waals surface area contributed by atoms with Gasteiger partial charge in [-0.15, -0.1) is 0 Å². The van der Waals surface area contributed by atoms with E-state index >= 15 is 0 Å². The minimum atomic E-state index is -4.57. The maximum atomic E-state index is 14.6. The highest BCUT2D eigenvalue weighted by Crippen LogP contribution is 2.32. The number of rotatable bonds is 6. The average Bonchev–Trinajstić information content (AvgIpc) is 2.83. The SMILES string of the molecule is CC(=O)Nc1c(F)cccc1Nc1cc(N(C(=O)OC(C)(C)C)C(=O)OC(C)(C)C)nc(Nc2ccc(C(F)(F)F)cc2)n1. The lowest BCUT2D eigenvalue weighted by molar-refractivity contribution is -0.137. The first-order chi connectivity index (χ1) is 20.2. The molecule has 0 saturated carbocycles. The van der Waals surface area contributed by atoms with Crippen molar-refractivity contribution in [2.45, 2.75) is 65.8 Å². The van der Waals surface area contributed by atoms with Crippen molar-refractivity contribution in [3.63, 3.8) is 0 Å². The van der Waals surface area contributed by atoms with Crippen molar-refractivity contribution in [2.24, 2.45) is 0 Å². The summed E-state index contributed by atoms with van der Waals surface area (Å²) in [6, 6.07) is 9.01. The number of aromatic nitrogens is 2. The third kappa shape index (κ3) is 9.54. The third-order valence-electron chi connectivity index (χ3n) is 5.14. The fourth-order valence-electron chi connectivity index (χ4n) is 3.49. The fourth-order valence-corrected chi connectivity index (χ4v) is 3.49. The number of para-hydroxylation sites is 1. The van der Waals surface area contributed by atoms with Gasteiger partial charge >= 0.3 is 18.4 Å². The quantitative estimate of drug-likeness (QED) is 0.236. The Morgan fingerprint density at radius 3 is 1.89 bits per heavy atom. The van der Waals surface area contributed by atoms with E-state index in [0.29, 0.717) is 4.90 Å². The zero-order valence-electron chi connectivity index (χ0n) is 25.0. The predicted octanol–water partition coefficient (Wildman–Crippen LogP) is 7.76. The lowest BCUT2D eigenvalue weighted by Gasteiger charge is -2.28. The van der Waals surface area contributed by atoms with Crippen LogP contribution in [0.5, 0.6) is 0 Å². The van der Waals surface area contributed by atoms with Gasteiger partial charge in [-0.1, -0.05) is 6.07 Å². The summed E-state index contributed by atoms with van der Waals surface area (Å²) >= 11 is 0. The molecule has 236 valence electrons. The molecule has 0 spiro atoms. The Bertz CT molecular complexity index is 1510. The number of hydrogen-bond donors (Lipinski definition) is 3. The van der Waals surface area contributed by atoms with Crippen LogP contribution in [-0.4, -0.2) is 39.3 Å². The number of amides is 3. The number of alkyl halides is 3. The number of carbonyl (C=O) groups excluding carboxylic acids is 3. The molecule has 0 aliphatic heterocycles. The molecular formula is C29H32F4N6O5. The molecule has 3 aromatic rings. The van der Waals surface area contributed by atoms with Crippen LogP contribution in [0.3, 0.4) is 0 Å². The number of hydrogen-bond acceptors (Lipinski definition) is 9. The molecule has 0 aliphatic rings. The number of imide groups is 1. The molecular weight excluding hydrogens is 588 g/mol. The van der Waals surface area contributed by atoms with Crippen molar-refractivity contribution in [3.05, 3.63) is 59.9 Å². The van der Waals surface area contributed by atoms with E-state index in [9.17, 15) is 31.9 Å². The Balaban J connectivity index is 2.16. The van der Waals surface area contributed by atoms with Crippen molar-refractivity contribution in [1.82, 2.24) is 9.97 Å². The zero-order valence-corrected chi connectivity index (χ0v) is 25.0. The predicted molar refractivity (Wildman–Crippen MR) is 156 cm³/mol. The van der Waals surface area contributed by atoms with Crippen LogP contribution in [0.1, 0.15) is 54.0 Å². The van der Waals surface area contributed by atoms with Gasteiger partial charge in [0.25, 0.3) is 0 Å². The lowest BCUT2D eigenvalue weighted by Crippen LogP contribution is -2.44. The largest absolute Gasteiger partial charge is 0.443 e. The van der Waals surface area contributed by atoms with Gasteiger partial charge in [-0.2, -0.15) is 28.0 Å². The molecule has 3 N–H and O–H groups in total. The standard InChI is InChI=1S/C29H32F4N6O5/c1-16(40)34-23-19(30)9-8-10-20(23)36-21-15-22(39(25(41)43-27(2,3)4)26(42)44-28(5,6)7)38-24(37-21)35-18-13-11-17(12-14-18)29(31,32)33/h8-15H,1-7H3,(H,34,40)(H2,35,36,37,38). The van der Waals surface area contributed by atoms with Gasteiger partial charge in [-0.25, -0.2) is 14.0 Å². The highest BCUT2D eigenvalue weighted by molar-refractivity contribution is 6.09. The van der Waals surface area contributed by atoms with E-state index in [1.54, 1.807) is 41.5 Å². The van der Waals surface area contributed by atoms with Crippen LogP contribution in [0.2, 0.25) is 0 Å². The minimum Gasteiger partial charge on any atom is -0.443 e. The van der Waals surface area contributed by atoms with Crippen molar-refractivity contribution in [1.29, 1.82) is 0 Å². The van der Waals surface area contributed by atoms with Gasteiger partial charge in [0.2, 0.25) is 11.9 Å². The van der Waals surface area contributed by atoms with Gasteiger partial charge in [0.1, 0.15) is 28.5 Å². The number of halogens is 4. The van der Waals surface area contributed by atoms with Crippen LogP contribution in [0, 0.1) is 5.82 Å². The third-order valence-corrected chi connectivity index (χ3v) is 5.14. The summed E-state index contributed by atoms with van der Waals surface area (Å²) < 4.78 is 64.7. The van der Waals surface area contributed by atoms with Crippen LogP contribution in [0.25, 0.3) is 0 Å². The van der Waals surface area contributed by atoms with Gasteiger partial charge in [-0.05, 0) is 77.9 Å². The molecule has 0 aliphatic carbocycles. The van der Waals surface area contributed by atoms with Crippen molar-refractivity contribution in [3.8, 4) is 0 Å². The topological polar surface area (TPSA) is 135 Å². The Morgan fingerprint density at radius 1 is 0.818 bits per heavy atom. The molecule has 0 bridgehead atoms. The molecule has 11 nitrogen and oxygen atoms in total. The highest BCUT2D eigenvalue weighted by atomic mass is 19.4. The van der Waals surface area contributed by atoms with Gasteiger partial charge < -0.3 is 25.4 Å². The van der Waals surface area contributed by atoms with Crippen LogP contribution >= 0.6 is 0 Å². The summed E-state index contributed by atoms with van der Waals surface area (Å²) in [5.74, 6) is -2.09. The van der Waals surface area contributed by atoms with Gasteiger partial charge in [-0.3, -0.25) is 4.79 Å². The molecule has 0 saturated heterocycles. The fraction of sp³-hybridized carbons (Fsp3) is 0.345. The van der Waals surface area contributed by atoms with Crippen LogP contribution in [0.4, 0.5) is 61.8 Å². The summed E-state index contributed by atoms with van der Waals surface area (Å²) in [6.07, 6.45) is -6.87. The summed E-state index contributed by atoms with van der Waals surface area (Å²) in [5.41, 5.74) is -3.01. The van der Waals surface area contributed by atoms with E-state index in [2.05, 4.69) is 25.9 Å². The average molecular weight is 621 g/mol. The van der Waals surface area contributed by atoms with Crippen molar-refractivity contribution >= 4 is 52.7 Å². The zero-order chi connectivity index (χ0) is 33.0. The molecule has 0 unspecified atom stereocenters. The first-order valence-corrected chi connectivity index (χ1v) is 13.1. The first kappa shape index (κ1) is 33.6. The van der Waals surface area contributed by atoms with Crippen molar-refractivity contribution < 1.29 is 41.4 Å². The molecule has 15 heteroatoms. The smallest absolute Gasteiger partial charge is 0.425 e. The molecule has 3 rings (SSSR count). The van der Waals surface area contributed by atoms with Crippen LogP contribution < -0.4 is 20.9 Å². The number of nitrogens with one attached hydrogen (secondary N) is 3. The summed E-state index contributed by atoms with van der Waals surface area (Å²) in [5, 5.41) is 7.92. The van der Waals surface area contributed by atoms with E-state index in [0.717, 1.165) is 36.4 Å². The Morgan fingerprint density at radius 2 is 1.39 bits per heavy atom. The Hall–Kier alpha value is -4.95. The first-order valence-electron chi connectivity index (χ1n) is 13.1. The van der Waals surface area contributed by atoms with Gasteiger partial charge in [0.15, 0.2) is 5.82 Å². The molecule has 3 amide bonds. The second-order valence-corrected chi connectivity index (χ2v) is 11.4. The maximum absolute atomic E-state index is 14.6. The molecule has 0 radical (unpaired) electrons.